The number of carbonyl (C=O) groups excluding carboxylic acids is 1. The molecule has 0 aliphatic carbocycles. The van der Waals surface area contributed by atoms with Crippen LogP contribution in [0.5, 0.6) is 17.4 Å². The number of carbonyl (C=O) groups is 1. The van der Waals surface area contributed by atoms with Crippen molar-refractivity contribution in [1.82, 2.24) is 10.3 Å². The number of rotatable bonds is 5. The molecule has 6 heteroatoms. The molecule has 1 aliphatic heterocycles. The van der Waals surface area contributed by atoms with E-state index in [4.69, 9.17) is 14.2 Å². The smallest absolute Gasteiger partial charge is 0.265 e. The van der Waals surface area contributed by atoms with Crippen LogP contribution in [0.1, 0.15) is 19.4 Å². The van der Waals surface area contributed by atoms with E-state index in [1.165, 1.54) is 0 Å². The lowest BCUT2D eigenvalue weighted by Crippen LogP contribution is -2.48. The summed E-state index contributed by atoms with van der Waals surface area (Å²) in [7, 11) is 0. The summed E-state index contributed by atoms with van der Waals surface area (Å²) >= 11 is 0. The van der Waals surface area contributed by atoms with E-state index in [0.29, 0.717) is 30.5 Å². The number of amides is 1. The summed E-state index contributed by atoms with van der Waals surface area (Å²) in [5.74, 6) is 1.52. The summed E-state index contributed by atoms with van der Waals surface area (Å²) in [5.41, 5.74) is 0.817. The molecule has 2 atom stereocenters. The molecule has 3 rings (SSSR count). The van der Waals surface area contributed by atoms with Gasteiger partial charge in [-0.1, -0.05) is 18.2 Å². The molecule has 1 N–H and O–H groups in total. The summed E-state index contributed by atoms with van der Waals surface area (Å²) in [4.78, 5) is 16.7. The van der Waals surface area contributed by atoms with Crippen molar-refractivity contribution < 1.29 is 19.0 Å². The van der Waals surface area contributed by atoms with Crippen LogP contribution in [0.3, 0.4) is 0 Å². The van der Waals surface area contributed by atoms with Crippen LogP contribution in [0.4, 0.5) is 0 Å². The minimum atomic E-state index is -0.702. The first-order valence-electron chi connectivity index (χ1n) is 7.95. The number of fused-ring (bicyclic) bond motifs is 1. The van der Waals surface area contributed by atoms with Gasteiger partial charge in [-0.3, -0.25) is 4.79 Å². The Morgan fingerprint density at radius 3 is 2.71 bits per heavy atom. The highest BCUT2D eigenvalue weighted by atomic mass is 16.6. The van der Waals surface area contributed by atoms with Crippen LogP contribution in [0.2, 0.25) is 0 Å². The van der Waals surface area contributed by atoms with Crippen molar-refractivity contribution in [3.05, 3.63) is 48.2 Å². The average Bonchev–Trinajstić information content (AvgIpc) is 2.60. The van der Waals surface area contributed by atoms with Crippen molar-refractivity contribution >= 4 is 5.91 Å². The van der Waals surface area contributed by atoms with E-state index in [2.05, 4.69) is 10.3 Å². The molecule has 0 fully saturated rings. The zero-order valence-corrected chi connectivity index (χ0v) is 13.7. The molecule has 0 saturated heterocycles. The number of aromatic nitrogens is 1. The Morgan fingerprint density at radius 2 is 1.96 bits per heavy atom. The largest absolute Gasteiger partial charge is 0.482 e. The monoisotopic (exact) mass is 328 g/mol. The maximum Gasteiger partial charge on any atom is 0.265 e. The zero-order valence-electron chi connectivity index (χ0n) is 13.7. The molecular formula is C18H20N2O4. The third-order valence-corrected chi connectivity index (χ3v) is 3.68. The first-order chi connectivity index (χ1) is 11.7. The summed E-state index contributed by atoms with van der Waals surface area (Å²) < 4.78 is 17.0. The van der Waals surface area contributed by atoms with Crippen molar-refractivity contribution in [2.24, 2.45) is 0 Å². The van der Waals surface area contributed by atoms with E-state index in [-0.39, 0.29) is 12.0 Å². The lowest BCUT2D eigenvalue weighted by atomic mass is 10.1. The Balaban J connectivity index is 1.66. The zero-order chi connectivity index (χ0) is 16.9. The summed E-state index contributed by atoms with van der Waals surface area (Å²) in [6.07, 6.45) is 0.584. The van der Waals surface area contributed by atoms with E-state index in [1.807, 2.05) is 44.2 Å². The van der Waals surface area contributed by atoms with Gasteiger partial charge in [-0.2, -0.15) is 0 Å². The Bertz CT molecular complexity index is 720. The predicted molar refractivity (Wildman–Crippen MR) is 88.2 cm³/mol. The fraction of sp³-hybridized carbons (Fsp3) is 0.333. The molecule has 2 heterocycles. The summed E-state index contributed by atoms with van der Waals surface area (Å²) in [5, 5.41) is 2.86. The molecule has 1 aromatic heterocycles. The van der Waals surface area contributed by atoms with E-state index >= 15 is 0 Å². The number of pyridine rings is 1. The normalized spacial score (nSPS) is 18.8. The molecule has 24 heavy (non-hydrogen) atoms. The minimum absolute atomic E-state index is 0.233. The van der Waals surface area contributed by atoms with Gasteiger partial charge in [0.25, 0.3) is 5.91 Å². The minimum Gasteiger partial charge on any atom is -0.482 e. The van der Waals surface area contributed by atoms with Crippen LogP contribution in [-0.4, -0.2) is 29.7 Å². The van der Waals surface area contributed by atoms with Gasteiger partial charge in [0.2, 0.25) is 12.0 Å². The average molecular weight is 328 g/mol. The van der Waals surface area contributed by atoms with Crippen molar-refractivity contribution in [3.8, 4) is 17.4 Å². The van der Waals surface area contributed by atoms with Crippen LogP contribution in [0, 0.1) is 0 Å². The standard InChI is InChI=1S/C18H20N2O4/c1-3-22-18-13(7-6-10-19-18)11-20-17(21)16-12(2)23-14-8-4-5-9-15(14)24-16/h4-10,12,16H,3,11H2,1-2H3,(H,20,21)/t12-,16+/m0/s1. The highest BCUT2D eigenvalue weighted by Crippen LogP contribution is 2.33. The van der Waals surface area contributed by atoms with E-state index in [9.17, 15) is 4.79 Å². The van der Waals surface area contributed by atoms with Gasteiger partial charge in [0.05, 0.1) is 6.61 Å². The molecule has 0 saturated carbocycles. The van der Waals surface area contributed by atoms with Gasteiger partial charge in [0.15, 0.2) is 11.5 Å². The Hall–Kier alpha value is -2.76. The Labute approximate surface area is 140 Å². The Kier molecular flexibility index (Phi) is 4.84. The number of hydrogen-bond acceptors (Lipinski definition) is 5. The topological polar surface area (TPSA) is 69.7 Å². The van der Waals surface area contributed by atoms with Gasteiger partial charge < -0.3 is 19.5 Å². The molecule has 2 aromatic rings. The first-order valence-corrected chi connectivity index (χ1v) is 7.95. The number of nitrogens with zero attached hydrogens (tertiary/aromatic N) is 1. The fourth-order valence-electron chi connectivity index (χ4n) is 2.51. The van der Waals surface area contributed by atoms with Crippen LogP contribution in [-0.2, 0) is 11.3 Å². The molecule has 6 nitrogen and oxygen atoms in total. The molecule has 0 bridgehead atoms. The van der Waals surface area contributed by atoms with Gasteiger partial charge in [-0.25, -0.2) is 4.98 Å². The highest BCUT2D eigenvalue weighted by Gasteiger charge is 2.33. The number of nitrogens with one attached hydrogen (secondary N) is 1. The summed E-state index contributed by atoms with van der Waals surface area (Å²) in [6, 6.07) is 11.0. The van der Waals surface area contributed by atoms with Crippen LogP contribution in [0.25, 0.3) is 0 Å². The Morgan fingerprint density at radius 1 is 1.21 bits per heavy atom. The first kappa shape index (κ1) is 16.1. The number of hydrogen-bond donors (Lipinski definition) is 1. The third-order valence-electron chi connectivity index (χ3n) is 3.68. The molecule has 0 unspecified atom stereocenters. The van der Waals surface area contributed by atoms with Crippen molar-refractivity contribution in [2.45, 2.75) is 32.6 Å². The van der Waals surface area contributed by atoms with Gasteiger partial charge in [0, 0.05) is 18.3 Å². The molecule has 126 valence electrons. The van der Waals surface area contributed by atoms with Crippen LogP contribution < -0.4 is 19.5 Å². The van der Waals surface area contributed by atoms with Crippen LogP contribution in [0.15, 0.2) is 42.6 Å². The number of ether oxygens (including phenoxy) is 3. The number of para-hydroxylation sites is 2. The quantitative estimate of drug-likeness (QED) is 0.912. The van der Waals surface area contributed by atoms with E-state index < -0.39 is 6.10 Å². The van der Waals surface area contributed by atoms with Gasteiger partial charge >= 0.3 is 0 Å². The molecule has 0 radical (unpaired) electrons. The van der Waals surface area contributed by atoms with Crippen molar-refractivity contribution in [3.63, 3.8) is 0 Å². The van der Waals surface area contributed by atoms with Crippen molar-refractivity contribution in [2.75, 3.05) is 6.61 Å². The summed E-state index contributed by atoms with van der Waals surface area (Å²) in [6.45, 7) is 4.54. The van der Waals surface area contributed by atoms with E-state index in [0.717, 1.165) is 5.56 Å². The van der Waals surface area contributed by atoms with Crippen molar-refractivity contribution in [1.29, 1.82) is 0 Å². The van der Waals surface area contributed by atoms with Gasteiger partial charge in [0.1, 0.15) is 6.10 Å². The maximum atomic E-state index is 12.5. The molecular weight excluding hydrogens is 308 g/mol. The van der Waals surface area contributed by atoms with E-state index in [1.54, 1.807) is 12.3 Å². The SMILES string of the molecule is CCOc1ncccc1CNC(=O)[C@@H]1Oc2ccccc2O[C@H]1C. The molecule has 1 aromatic carbocycles. The lowest BCUT2D eigenvalue weighted by molar-refractivity contribution is -0.133. The molecule has 1 aliphatic rings. The van der Waals surface area contributed by atoms with Gasteiger partial charge in [-0.05, 0) is 32.0 Å². The number of benzene rings is 1. The second kappa shape index (κ2) is 7.21. The predicted octanol–water partition coefficient (Wildman–Crippen LogP) is 2.33. The molecule has 0 spiro atoms. The second-order valence-electron chi connectivity index (χ2n) is 5.43. The third kappa shape index (κ3) is 3.42. The van der Waals surface area contributed by atoms with Gasteiger partial charge in [-0.15, -0.1) is 0 Å². The fourth-order valence-corrected chi connectivity index (χ4v) is 2.51. The van der Waals surface area contributed by atoms with Crippen LogP contribution >= 0.6 is 0 Å². The lowest BCUT2D eigenvalue weighted by Gasteiger charge is -2.31. The molecule has 1 amide bonds. The highest BCUT2D eigenvalue weighted by molar-refractivity contribution is 5.82. The maximum absolute atomic E-state index is 12.5. The second-order valence-corrected chi connectivity index (χ2v) is 5.43.